The highest BCUT2D eigenvalue weighted by Crippen LogP contribution is 2.36. The van der Waals surface area contributed by atoms with Crippen LogP contribution in [0, 0.1) is 0 Å². The Kier molecular flexibility index (Phi) is 6.63. The van der Waals surface area contributed by atoms with Crippen molar-refractivity contribution >= 4 is 51.6 Å². The third-order valence-electron chi connectivity index (χ3n) is 6.36. The van der Waals surface area contributed by atoms with Crippen LogP contribution < -0.4 is 10.1 Å². The van der Waals surface area contributed by atoms with E-state index in [2.05, 4.69) is 49.1 Å². The highest BCUT2D eigenvalue weighted by Gasteiger charge is 2.26. The first-order chi connectivity index (χ1) is 17.2. The second kappa shape index (κ2) is 9.72. The molecule has 4 aromatic rings. The number of hydrogen-bond donors (Lipinski definition) is 2. The number of rotatable bonds is 8. The van der Waals surface area contributed by atoms with Crippen molar-refractivity contribution in [2.45, 2.75) is 56.1 Å². The first-order valence-electron chi connectivity index (χ1n) is 12.2. The molecule has 0 unspecified atom stereocenters. The quantitative estimate of drug-likeness (QED) is 0.352. The summed E-state index contributed by atoms with van der Waals surface area (Å²) in [5, 5.41) is 11.9. The van der Waals surface area contributed by atoms with Crippen molar-refractivity contribution in [1.29, 1.82) is 0 Å². The van der Waals surface area contributed by atoms with Gasteiger partial charge < -0.3 is 19.8 Å². The number of nitrogens with zero attached hydrogens (tertiary/aromatic N) is 5. The fraction of sp³-hybridized carbons (Fsp3) is 0.455. The monoisotopic (exact) mass is 493 g/mol. The van der Waals surface area contributed by atoms with Gasteiger partial charge in [-0.2, -0.15) is 9.97 Å². The number of fused-ring (bicyclic) bond motifs is 2. The molecule has 186 valence electrons. The van der Waals surface area contributed by atoms with E-state index < -0.39 is 13.0 Å². The van der Waals surface area contributed by atoms with E-state index in [0.717, 1.165) is 42.2 Å². The van der Waals surface area contributed by atoms with Crippen molar-refractivity contribution in [3.8, 4) is 17.0 Å². The maximum atomic E-state index is 13.0. The first kappa shape index (κ1) is 24.5. The van der Waals surface area contributed by atoms with E-state index in [-0.39, 0.29) is 17.4 Å². The Bertz CT molecular complexity index is 1370. The van der Waals surface area contributed by atoms with E-state index in [1.165, 1.54) is 4.68 Å². The van der Waals surface area contributed by atoms with E-state index in [1.54, 1.807) is 19.2 Å². The molecular weight excluding hydrogens is 465 g/mol. The zero-order valence-corrected chi connectivity index (χ0v) is 20.9. The van der Waals surface area contributed by atoms with Gasteiger partial charge in [0, 0.05) is 17.8 Å². The molecule has 1 aromatic carbocycles. The van der Waals surface area contributed by atoms with Gasteiger partial charge in [0.25, 0.3) is 6.43 Å². The van der Waals surface area contributed by atoms with Gasteiger partial charge in [-0.25, -0.2) is 13.5 Å². The van der Waals surface area contributed by atoms with E-state index in [4.69, 9.17) is 14.5 Å². The number of anilines is 1. The van der Waals surface area contributed by atoms with E-state index in [1.807, 2.05) is 12.3 Å². The average molecular weight is 493 g/mol. The Balaban J connectivity index is 1.39. The number of benzene rings is 1. The van der Waals surface area contributed by atoms with Crippen molar-refractivity contribution in [2.24, 2.45) is 0 Å². The molecule has 1 aliphatic carbocycles. The average Bonchev–Trinajstić information content (AvgIpc) is 3.42. The third-order valence-corrected chi connectivity index (χ3v) is 6.36. The van der Waals surface area contributed by atoms with E-state index >= 15 is 0 Å². The summed E-state index contributed by atoms with van der Waals surface area (Å²) in [7, 11) is 7.83. The van der Waals surface area contributed by atoms with Crippen molar-refractivity contribution in [3.05, 3.63) is 24.4 Å². The van der Waals surface area contributed by atoms with Crippen molar-refractivity contribution in [1.82, 2.24) is 29.9 Å². The molecule has 1 fully saturated rings. The summed E-state index contributed by atoms with van der Waals surface area (Å²) < 4.78 is 38.9. The lowest BCUT2D eigenvalue weighted by molar-refractivity contribution is 0.0202. The fourth-order valence-corrected chi connectivity index (χ4v) is 4.85. The number of aromatic amines is 1. The van der Waals surface area contributed by atoms with Crippen LogP contribution in [-0.4, -0.2) is 84.5 Å². The topological polar surface area (TPSA) is 103 Å². The summed E-state index contributed by atoms with van der Waals surface area (Å²) in [6.07, 6.45) is 3.49. The van der Waals surface area contributed by atoms with Crippen LogP contribution in [0.4, 0.5) is 14.7 Å². The van der Waals surface area contributed by atoms with Gasteiger partial charge in [-0.15, -0.1) is 5.10 Å². The molecule has 0 atom stereocenters. The Morgan fingerprint density at radius 3 is 2.67 bits per heavy atom. The Labute approximate surface area is 210 Å². The lowest BCUT2D eigenvalue weighted by Gasteiger charge is -2.34. The van der Waals surface area contributed by atoms with Gasteiger partial charge in [0.1, 0.15) is 41.2 Å². The standard InChI is InChI=1S/C22H28B3F2N7O2/c1-35-20-18-14(11-2-7-15-16(8-11)34(33-32-15)10-17(26)27)9-28-19(18)30-21(31-20)29-12-3-5-13(6-4-12)36-22(23,24)25/h2,7-9,12-13,17H,3-6,10,23-25H2,1H3,(H2,28,29,30,31)/t12-,13+. The highest BCUT2D eigenvalue weighted by atomic mass is 19.3. The summed E-state index contributed by atoms with van der Waals surface area (Å²) in [5.74, 6) is 0.936. The predicted octanol–water partition coefficient (Wildman–Crippen LogP) is 0.894. The van der Waals surface area contributed by atoms with Crippen molar-refractivity contribution in [3.63, 3.8) is 0 Å². The van der Waals surface area contributed by atoms with Crippen molar-refractivity contribution in [2.75, 3.05) is 12.4 Å². The molecule has 14 heteroatoms. The summed E-state index contributed by atoms with van der Waals surface area (Å²) in [4.78, 5) is 12.5. The number of alkyl halides is 2. The molecule has 9 nitrogen and oxygen atoms in total. The summed E-state index contributed by atoms with van der Waals surface area (Å²) >= 11 is 0. The summed E-state index contributed by atoms with van der Waals surface area (Å²) in [6, 6.07) is 5.69. The molecule has 0 bridgehead atoms. The van der Waals surface area contributed by atoms with Gasteiger partial charge in [-0.05, 0) is 48.7 Å². The van der Waals surface area contributed by atoms with Crippen LogP contribution in [0.15, 0.2) is 24.4 Å². The van der Waals surface area contributed by atoms with Crippen LogP contribution in [0.1, 0.15) is 25.7 Å². The van der Waals surface area contributed by atoms with Crippen LogP contribution in [-0.2, 0) is 11.3 Å². The zero-order valence-electron chi connectivity index (χ0n) is 20.9. The molecule has 3 heterocycles. The van der Waals surface area contributed by atoms with Gasteiger partial charge in [0.15, 0.2) is 0 Å². The molecular formula is C22H28B3F2N7O2. The normalized spacial score (nSPS) is 18.8. The van der Waals surface area contributed by atoms with Gasteiger partial charge in [0.05, 0.1) is 24.1 Å². The number of aromatic nitrogens is 6. The van der Waals surface area contributed by atoms with E-state index in [0.29, 0.717) is 28.5 Å². The number of hydrogen-bond acceptors (Lipinski definition) is 7. The van der Waals surface area contributed by atoms with Crippen LogP contribution in [0.25, 0.3) is 33.2 Å². The number of ether oxygens (including phenoxy) is 2. The number of H-pyrrole nitrogens is 1. The first-order valence-corrected chi connectivity index (χ1v) is 12.2. The maximum Gasteiger partial charge on any atom is 0.258 e. The van der Waals surface area contributed by atoms with Crippen LogP contribution >= 0.6 is 0 Å². The zero-order chi connectivity index (χ0) is 25.4. The lowest BCUT2D eigenvalue weighted by atomic mass is 9.52. The smallest absolute Gasteiger partial charge is 0.258 e. The Morgan fingerprint density at radius 2 is 1.97 bits per heavy atom. The molecule has 0 saturated heterocycles. The largest absolute Gasteiger partial charge is 0.480 e. The molecule has 0 radical (unpaired) electrons. The Hall–Kier alpha value is -3.15. The second-order valence-corrected chi connectivity index (χ2v) is 10.2. The minimum absolute atomic E-state index is 0.138. The Morgan fingerprint density at radius 1 is 1.19 bits per heavy atom. The number of nitrogens with one attached hydrogen (secondary N) is 2. The van der Waals surface area contributed by atoms with Gasteiger partial charge in [-0.1, -0.05) is 11.3 Å². The number of methoxy groups -OCH3 is 1. The molecule has 1 aliphatic rings. The van der Waals surface area contributed by atoms with Crippen LogP contribution in [0.2, 0.25) is 0 Å². The number of halogens is 2. The molecule has 36 heavy (non-hydrogen) atoms. The lowest BCUT2D eigenvalue weighted by Crippen LogP contribution is -2.41. The maximum absolute atomic E-state index is 13.0. The van der Waals surface area contributed by atoms with E-state index in [9.17, 15) is 8.78 Å². The van der Waals surface area contributed by atoms with Gasteiger partial charge in [0.2, 0.25) is 11.8 Å². The second-order valence-electron chi connectivity index (χ2n) is 10.2. The molecule has 5 rings (SSSR count). The van der Waals surface area contributed by atoms with Crippen LogP contribution in [0.3, 0.4) is 0 Å². The minimum atomic E-state index is -2.52. The van der Waals surface area contributed by atoms with Gasteiger partial charge in [-0.3, -0.25) is 0 Å². The SMILES string of the molecule is BC(B)(B)O[C@H]1CC[C@@H](Nc2nc(OC)c3c(-c4ccc5nnn(CC(F)F)c5c4)c[nH]c3n2)CC1. The van der Waals surface area contributed by atoms with Gasteiger partial charge >= 0.3 is 0 Å². The molecule has 0 aliphatic heterocycles. The molecule has 3 aromatic heterocycles. The molecule has 1 saturated carbocycles. The molecule has 0 spiro atoms. The third kappa shape index (κ3) is 5.18. The molecule has 2 N–H and O–H groups in total. The highest BCUT2D eigenvalue weighted by molar-refractivity contribution is 6.58. The van der Waals surface area contributed by atoms with Crippen LogP contribution in [0.5, 0.6) is 5.88 Å². The summed E-state index contributed by atoms with van der Waals surface area (Å²) in [5.41, 5.74) is 3.32. The minimum Gasteiger partial charge on any atom is -0.480 e. The summed E-state index contributed by atoms with van der Waals surface area (Å²) in [6.45, 7) is -0.514. The molecule has 0 amide bonds. The van der Waals surface area contributed by atoms with Crippen molar-refractivity contribution < 1.29 is 18.3 Å². The fourth-order valence-electron chi connectivity index (χ4n) is 4.85. The predicted molar refractivity (Wildman–Crippen MR) is 142 cm³/mol.